The van der Waals surface area contributed by atoms with E-state index >= 15 is 0 Å². The molecule has 4 rings (SSSR count). The molecule has 0 amide bonds. The number of carbonyl (C=O) groups excluding carboxylic acids is 2. The van der Waals surface area contributed by atoms with Gasteiger partial charge in [0.15, 0.2) is 5.78 Å². The smallest absolute Gasteiger partial charge is 0.338 e. The van der Waals surface area contributed by atoms with Gasteiger partial charge in [0.25, 0.3) is 0 Å². The number of ether oxygens (including phenoxy) is 2. The Hall–Kier alpha value is -3.71. The van der Waals surface area contributed by atoms with Crippen LogP contribution in [0.5, 0.6) is 0 Å². The maximum absolute atomic E-state index is 14.6. The number of nitrogens with zero attached hydrogens (tertiary/aromatic N) is 1. The number of halogens is 1. The molecule has 2 aromatic carbocycles. The van der Waals surface area contributed by atoms with E-state index in [-0.39, 0.29) is 11.3 Å². The van der Waals surface area contributed by atoms with E-state index in [4.69, 9.17) is 13.9 Å². The molecule has 1 fully saturated rings. The second kappa shape index (κ2) is 9.62. The zero-order valence-electron chi connectivity index (χ0n) is 17.5. The fourth-order valence-electron chi connectivity index (χ4n) is 3.55. The molecular formula is C25H22FNO5. The van der Waals surface area contributed by atoms with Gasteiger partial charge in [0.1, 0.15) is 17.3 Å². The summed E-state index contributed by atoms with van der Waals surface area (Å²) >= 11 is 0. The van der Waals surface area contributed by atoms with Crippen molar-refractivity contribution in [1.29, 1.82) is 0 Å². The molecule has 3 aromatic rings. The van der Waals surface area contributed by atoms with Crippen LogP contribution in [0.15, 0.2) is 65.1 Å². The molecule has 7 heteroatoms. The van der Waals surface area contributed by atoms with Crippen molar-refractivity contribution in [3.8, 4) is 11.3 Å². The Morgan fingerprint density at radius 1 is 1.06 bits per heavy atom. The Morgan fingerprint density at radius 2 is 1.84 bits per heavy atom. The Balaban J connectivity index is 1.49. The third-order valence-corrected chi connectivity index (χ3v) is 5.21. The van der Waals surface area contributed by atoms with Gasteiger partial charge in [0.2, 0.25) is 0 Å². The Labute approximate surface area is 184 Å². The van der Waals surface area contributed by atoms with E-state index in [1.165, 1.54) is 25.3 Å². The van der Waals surface area contributed by atoms with Gasteiger partial charge in [0.05, 0.1) is 31.6 Å². The summed E-state index contributed by atoms with van der Waals surface area (Å²) in [5.74, 6) is -0.347. The van der Waals surface area contributed by atoms with Gasteiger partial charge < -0.3 is 18.8 Å². The average molecular weight is 435 g/mol. The molecule has 2 heterocycles. The lowest BCUT2D eigenvalue weighted by atomic mass is 10.1. The second-order valence-electron chi connectivity index (χ2n) is 7.20. The van der Waals surface area contributed by atoms with Gasteiger partial charge in [-0.1, -0.05) is 18.2 Å². The minimum atomic E-state index is -0.466. The number of carbonyl (C=O) groups is 2. The largest absolute Gasteiger partial charge is 0.465 e. The van der Waals surface area contributed by atoms with Crippen LogP contribution in [0, 0.1) is 5.82 Å². The molecule has 164 valence electrons. The molecule has 0 radical (unpaired) electrons. The number of furan rings is 1. The van der Waals surface area contributed by atoms with Crippen molar-refractivity contribution in [2.75, 3.05) is 38.3 Å². The summed E-state index contributed by atoms with van der Waals surface area (Å²) in [4.78, 5) is 26.4. The molecular weight excluding hydrogens is 413 g/mol. The van der Waals surface area contributed by atoms with Crippen LogP contribution in [-0.2, 0) is 9.47 Å². The summed E-state index contributed by atoms with van der Waals surface area (Å²) in [5.41, 5.74) is 1.69. The number of morpholine rings is 1. The average Bonchev–Trinajstić information content (AvgIpc) is 3.31. The number of methoxy groups -OCH3 is 1. The Bertz CT molecular complexity index is 1160. The van der Waals surface area contributed by atoms with E-state index in [1.807, 2.05) is 4.90 Å². The van der Waals surface area contributed by atoms with Crippen molar-refractivity contribution in [2.24, 2.45) is 0 Å². The molecule has 0 saturated carbocycles. The highest BCUT2D eigenvalue weighted by atomic mass is 19.1. The second-order valence-corrected chi connectivity index (χ2v) is 7.20. The normalized spacial score (nSPS) is 14.0. The van der Waals surface area contributed by atoms with Crippen molar-refractivity contribution < 1.29 is 27.9 Å². The highest BCUT2D eigenvalue weighted by Gasteiger charge is 2.17. The van der Waals surface area contributed by atoms with Gasteiger partial charge in [-0.25, -0.2) is 9.18 Å². The Kier molecular flexibility index (Phi) is 6.47. The fraction of sp³-hybridized carbons (Fsp3) is 0.200. The molecule has 0 N–H and O–H groups in total. The first-order valence-corrected chi connectivity index (χ1v) is 10.2. The van der Waals surface area contributed by atoms with E-state index in [2.05, 4.69) is 0 Å². The number of rotatable bonds is 6. The number of allylic oxidation sites excluding steroid dienone is 1. The van der Waals surface area contributed by atoms with Crippen LogP contribution in [0.3, 0.4) is 0 Å². The number of anilines is 1. The lowest BCUT2D eigenvalue weighted by Crippen LogP contribution is -2.36. The maximum atomic E-state index is 14.6. The van der Waals surface area contributed by atoms with Crippen LogP contribution in [0.25, 0.3) is 17.4 Å². The summed E-state index contributed by atoms with van der Waals surface area (Å²) in [6, 6.07) is 14.8. The van der Waals surface area contributed by atoms with Crippen LogP contribution >= 0.6 is 0 Å². The summed E-state index contributed by atoms with van der Waals surface area (Å²) in [5, 5.41) is 0. The quantitative estimate of drug-likeness (QED) is 0.320. The van der Waals surface area contributed by atoms with E-state index in [9.17, 15) is 14.0 Å². The zero-order valence-corrected chi connectivity index (χ0v) is 17.5. The summed E-state index contributed by atoms with van der Waals surface area (Å²) in [7, 11) is 1.32. The van der Waals surface area contributed by atoms with Crippen molar-refractivity contribution in [2.45, 2.75) is 0 Å². The van der Waals surface area contributed by atoms with Crippen LogP contribution in [0.1, 0.15) is 26.5 Å². The van der Waals surface area contributed by atoms with Crippen molar-refractivity contribution >= 4 is 23.5 Å². The lowest BCUT2D eigenvalue weighted by Gasteiger charge is -2.29. The standard InChI is InChI=1S/C25H22FNO5/c1-30-25(29)20-5-3-2-4-19(20)24-11-8-18(32-24)7-10-23(28)17-6-9-22(21(26)16-17)27-12-14-31-15-13-27/h2-11,16H,12-15H2,1H3/b10-7+. The molecule has 0 unspecified atom stereocenters. The lowest BCUT2D eigenvalue weighted by molar-refractivity contribution is 0.0601. The third-order valence-electron chi connectivity index (χ3n) is 5.21. The molecule has 1 aromatic heterocycles. The first-order valence-electron chi connectivity index (χ1n) is 10.2. The van der Waals surface area contributed by atoms with Crippen molar-refractivity contribution in [3.63, 3.8) is 0 Å². The first kappa shape index (κ1) is 21.5. The van der Waals surface area contributed by atoms with E-state index in [0.717, 1.165) is 0 Å². The van der Waals surface area contributed by atoms with E-state index < -0.39 is 11.8 Å². The van der Waals surface area contributed by atoms with Gasteiger partial charge in [-0.05, 0) is 48.6 Å². The molecule has 0 atom stereocenters. The number of benzene rings is 2. The van der Waals surface area contributed by atoms with Gasteiger partial charge in [-0.2, -0.15) is 0 Å². The van der Waals surface area contributed by atoms with Gasteiger partial charge >= 0.3 is 5.97 Å². The molecule has 1 saturated heterocycles. The van der Waals surface area contributed by atoms with E-state index in [0.29, 0.717) is 54.6 Å². The molecule has 6 nitrogen and oxygen atoms in total. The van der Waals surface area contributed by atoms with Gasteiger partial charge in [-0.3, -0.25) is 4.79 Å². The minimum Gasteiger partial charge on any atom is -0.465 e. The molecule has 0 bridgehead atoms. The number of esters is 1. The van der Waals surface area contributed by atoms with Crippen molar-refractivity contribution in [1.82, 2.24) is 0 Å². The summed E-state index contributed by atoms with van der Waals surface area (Å²) in [6.07, 6.45) is 2.85. The highest BCUT2D eigenvalue weighted by Crippen LogP contribution is 2.27. The molecule has 0 aliphatic carbocycles. The van der Waals surface area contributed by atoms with Crippen LogP contribution < -0.4 is 4.90 Å². The molecule has 1 aliphatic rings. The number of ketones is 1. The van der Waals surface area contributed by atoms with Crippen LogP contribution in [0.2, 0.25) is 0 Å². The topological polar surface area (TPSA) is 69.0 Å². The van der Waals surface area contributed by atoms with Crippen LogP contribution in [-0.4, -0.2) is 45.2 Å². The third kappa shape index (κ3) is 4.63. The predicted octanol–water partition coefficient (Wildman–Crippen LogP) is 4.61. The van der Waals surface area contributed by atoms with Crippen molar-refractivity contribution in [3.05, 3.63) is 83.4 Å². The predicted molar refractivity (Wildman–Crippen MR) is 118 cm³/mol. The highest BCUT2D eigenvalue weighted by molar-refractivity contribution is 6.07. The van der Waals surface area contributed by atoms with Crippen LogP contribution in [0.4, 0.5) is 10.1 Å². The molecule has 1 aliphatic heterocycles. The molecule has 32 heavy (non-hydrogen) atoms. The minimum absolute atomic E-state index is 0.249. The first-order chi connectivity index (χ1) is 15.6. The summed E-state index contributed by atoms with van der Waals surface area (Å²) < 4.78 is 30.4. The summed E-state index contributed by atoms with van der Waals surface area (Å²) in [6.45, 7) is 2.34. The van der Waals surface area contributed by atoms with Gasteiger partial charge in [-0.15, -0.1) is 0 Å². The SMILES string of the molecule is COC(=O)c1ccccc1-c1ccc(/C=C/C(=O)c2ccc(N3CCOCC3)c(F)c2)o1. The Morgan fingerprint density at radius 3 is 2.59 bits per heavy atom. The van der Waals surface area contributed by atoms with Gasteiger partial charge in [0, 0.05) is 24.2 Å². The molecule has 0 spiro atoms. The zero-order chi connectivity index (χ0) is 22.5. The maximum Gasteiger partial charge on any atom is 0.338 e. The number of hydrogen-bond donors (Lipinski definition) is 0. The fourth-order valence-corrected chi connectivity index (χ4v) is 3.55. The van der Waals surface area contributed by atoms with E-state index in [1.54, 1.807) is 48.5 Å². The monoisotopic (exact) mass is 435 g/mol. The number of hydrogen-bond acceptors (Lipinski definition) is 6.